The van der Waals surface area contributed by atoms with Crippen LogP contribution in [0.15, 0.2) is 30.9 Å². The van der Waals surface area contributed by atoms with Crippen molar-refractivity contribution in [2.24, 2.45) is 0 Å². The molecule has 0 spiro atoms. The fraction of sp³-hybridized carbons (Fsp3) is 0. The molecule has 15 heavy (non-hydrogen) atoms. The van der Waals surface area contributed by atoms with Gasteiger partial charge in [0.15, 0.2) is 0 Å². The van der Waals surface area contributed by atoms with Gasteiger partial charge in [-0.1, -0.05) is 23.2 Å². The van der Waals surface area contributed by atoms with Crippen LogP contribution < -0.4 is 4.74 Å². The van der Waals surface area contributed by atoms with E-state index >= 15 is 0 Å². The largest absolute Gasteiger partial charge is 0.437 e. The average molecular weight is 242 g/mol. The standard InChI is InChI=1S/C9H5Cl2N3O/c10-6-1-7(4-12-3-6)15-9-2-8(11)13-5-14-9/h1-5H. The van der Waals surface area contributed by atoms with E-state index in [0.717, 1.165) is 0 Å². The molecule has 0 saturated carbocycles. The van der Waals surface area contributed by atoms with Gasteiger partial charge in [0.05, 0.1) is 11.2 Å². The van der Waals surface area contributed by atoms with Crippen LogP contribution in [-0.4, -0.2) is 15.0 Å². The molecule has 2 heterocycles. The third kappa shape index (κ3) is 2.78. The molecule has 0 aliphatic carbocycles. The molecule has 6 heteroatoms. The molecule has 0 aliphatic heterocycles. The Bertz CT molecular complexity index is 435. The second-order valence-electron chi connectivity index (χ2n) is 2.62. The zero-order valence-electron chi connectivity index (χ0n) is 7.39. The molecule has 0 unspecified atom stereocenters. The summed E-state index contributed by atoms with van der Waals surface area (Å²) in [6, 6.07) is 3.13. The van der Waals surface area contributed by atoms with Gasteiger partial charge < -0.3 is 4.74 Å². The topological polar surface area (TPSA) is 47.9 Å². The van der Waals surface area contributed by atoms with E-state index in [1.54, 1.807) is 6.07 Å². The number of ether oxygens (including phenoxy) is 1. The first-order valence-corrected chi connectivity index (χ1v) is 4.75. The Labute approximate surface area is 95.9 Å². The van der Waals surface area contributed by atoms with E-state index in [4.69, 9.17) is 27.9 Å². The lowest BCUT2D eigenvalue weighted by atomic mass is 10.4. The summed E-state index contributed by atoms with van der Waals surface area (Å²) < 4.78 is 5.36. The first-order chi connectivity index (χ1) is 7.24. The monoisotopic (exact) mass is 241 g/mol. The Kier molecular flexibility index (Phi) is 2.99. The predicted molar refractivity (Wildman–Crippen MR) is 56.4 cm³/mol. The van der Waals surface area contributed by atoms with Gasteiger partial charge in [0.1, 0.15) is 17.2 Å². The van der Waals surface area contributed by atoms with E-state index < -0.39 is 0 Å². The smallest absolute Gasteiger partial charge is 0.223 e. The second kappa shape index (κ2) is 4.42. The first kappa shape index (κ1) is 10.1. The van der Waals surface area contributed by atoms with Crippen LogP contribution in [0.5, 0.6) is 11.6 Å². The minimum Gasteiger partial charge on any atom is -0.437 e. The van der Waals surface area contributed by atoms with Crippen molar-refractivity contribution in [3.63, 3.8) is 0 Å². The molecule has 2 aromatic heterocycles. The van der Waals surface area contributed by atoms with Crippen molar-refractivity contribution < 1.29 is 4.74 Å². The minimum atomic E-state index is 0.315. The molecule has 0 N–H and O–H groups in total. The highest BCUT2D eigenvalue weighted by Gasteiger charge is 2.00. The molecule has 0 bridgehead atoms. The van der Waals surface area contributed by atoms with Crippen molar-refractivity contribution in [1.82, 2.24) is 15.0 Å². The number of rotatable bonds is 2. The summed E-state index contributed by atoms with van der Waals surface area (Å²) in [5.41, 5.74) is 0. The molecule has 0 aromatic carbocycles. The molecular formula is C9H5Cl2N3O. The summed E-state index contributed by atoms with van der Waals surface area (Å²) in [6.07, 6.45) is 4.36. The van der Waals surface area contributed by atoms with Crippen LogP contribution >= 0.6 is 23.2 Å². The lowest BCUT2D eigenvalue weighted by Gasteiger charge is -2.03. The molecule has 4 nitrogen and oxygen atoms in total. The lowest BCUT2D eigenvalue weighted by molar-refractivity contribution is 0.459. The fourth-order valence-electron chi connectivity index (χ4n) is 0.942. The molecule has 0 radical (unpaired) electrons. The summed E-state index contributed by atoms with van der Waals surface area (Å²) >= 11 is 11.4. The van der Waals surface area contributed by atoms with Crippen molar-refractivity contribution in [1.29, 1.82) is 0 Å². The SMILES string of the molecule is Clc1cncc(Oc2cc(Cl)ncn2)c1. The zero-order chi connectivity index (χ0) is 10.7. The van der Waals surface area contributed by atoms with Crippen LogP contribution in [0, 0.1) is 0 Å². The van der Waals surface area contributed by atoms with Crippen molar-refractivity contribution in [2.75, 3.05) is 0 Å². The van der Waals surface area contributed by atoms with Crippen molar-refractivity contribution >= 4 is 23.2 Å². The van der Waals surface area contributed by atoms with Crippen molar-refractivity contribution in [2.45, 2.75) is 0 Å². The Morgan fingerprint density at radius 2 is 1.93 bits per heavy atom. The molecule has 0 fully saturated rings. The third-order valence-electron chi connectivity index (χ3n) is 1.51. The quantitative estimate of drug-likeness (QED) is 0.759. The minimum absolute atomic E-state index is 0.315. The van der Waals surface area contributed by atoms with E-state index in [2.05, 4.69) is 15.0 Å². The van der Waals surface area contributed by atoms with Gasteiger partial charge in [-0.3, -0.25) is 4.98 Å². The van der Waals surface area contributed by atoms with Gasteiger partial charge in [0.25, 0.3) is 0 Å². The Morgan fingerprint density at radius 1 is 1.07 bits per heavy atom. The van der Waals surface area contributed by atoms with E-state index in [1.165, 1.54) is 24.8 Å². The molecule has 2 aromatic rings. The highest BCUT2D eigenvalue weighted by atomic mass is 35.5. The van der Waals surface area contributed by atoms with Crippen molar-refractivity contribution in [3.05, 3.63) is 41.0 Å². The Balaban J connectivity index is 2.22. The average Bonchev–Trinajstić information content (AvgIpc) is 2.17. The predicted octanol–water partition coefficient (Wildman–Crippen LogP) is 2.97. The number of pyridine rings is 1. The van der Waals surface area contributed by atoms with Gasteiger partial charge in [0.2, 0.25) is 5.88 Å². The molecule has 0 atom stereocenters. The second-order valence-corrected chi connectivity index (χ2v) is 3.44. The van der Waals surface area contributed by atoms with Crippen LogP contribution in [0.3, 0.4) is 0 Å². The van der Waals surface area contributed by atoms with Gasteiger partial charge in [-0.15, -0.1) is 0 Å². The van der Waals surface area contributed by atoms with Gasteiger partial charge in [-0.2, -0.15) is 0 Å². The summed E-state index contributed by atoms with van der Waals surface area (Å²) in [5.74, 6) is 0.844. The summed E-state index contributed by atoms with van der Waals surface area (Å²) in [6.45, 7) is 0. The van der Waals surface area contributed by atoms with Crippen LogP contribution in [0.25, 0.3) is 0 Å². The van der Waals surface area contributed by atoms with Gasteiger partial charge in [-0.05, 0) is 0 Å². The maximum atomic E-state index is 5.74. The number of nitrogens with zero attached hydrogens (tertiary/aromatic N) is 3. The summed E-state index contributed by atoms with van der Waals surface area (Å²) in [4.78, 5) is 11.5. The van der Waals surface area contributed by atoms with Crippen LogP contribution in [0.1, 0.15) is 0 Å². The van der Waals surface area contributed by atoms with Crippen LogP contribution in [-0.2, 0) is 0 Å². The van der Waals surface area contributed by atoms with E-state index in [-0.39, 0.29) is 0 Å². The number of aromatic nitrogens is 3. The fourth-order valence-corrected chi connectivity index (χ4v) is 1.24. The Hall–Kier alpha value is -1.39. The van der Waals surface area contributed by atoms with Gasteiger partial charge in [0, 0.05) is 18.3 Å². The highest BCUT2D eigenvalue weighted by molar-refractivity contribution is 6.30. The van der Waals surface area contributed by atoms with Crippen LogP contribution in [0.4, 0.5) is 0 Å². The van der Waals surface area contributed by atoms with E-state index in [9.17, 15) is 0 Å². The number of hydrogen-bond acceptors (Lipinski definition) is 4. The maximum absolute atomic E-state index is 5.74. The molecular weight excluding hydrogens is 237 g/mol. The first-order valence-electron chi connectivity index (χ1n) is 4.00. The van der Waals surface area contributed by atoms with E-state index in [1.807, 2.05) is 0 Å². The van der Waals surface area contributed by atoms with Gasteiger partial charge >= 0.3 is 0 Å². The molecule has 0 aliphatic rings. The van der Waals surface area contributed by atoms with E-state index in [0.29, 0.717) is 21.8 Å². The third-order valence-corrected chi connectivity index (χ3v) is 1.92. The lowest BCUT2D eigenvalue weighted by Crippen LogP contribution is -1.89. The van der Waals surface area contributed by atoms with Crippen molar-refractivity contribution in [3.8, 4) is 11.6 Å². The zero-order valence-corrected chi connectivity index (χ0v) is 8.90. The molecule has 76 valence electrons. The number of halogens is 2. The summed E-state index contributed by atoms with van der Waals surface area (Å²) in [5, 5.41) is 0.808. The molecule has 0 saturated heterocycles. The normalized spacial score (nSPS) is 10.0. The van der Waals surface area contributed by atoms with Gasteiger partial charge in [-0.25, -0.2) is 9.97 Å². The molecule has 2 rings (SSSR count). The Morgan fingerprint density at radius 3 is 2.67 bits per heavy atom. The highest BCUT2D eigenvalue weighted by Crippen LogP contribution is 2.22. The maximum Gasteiger partial charge on any atom is 0.223 e. The summed E-state index contributed by atoms with van der Waals surface area (Å²) in [7, 11) is 0. The van der Waals surface area contributed by atoms with Crippen LogP contribution in [0.2, 0.25) is 10.2 Å². The molecule has 0 amide bonds. The number of hydrogen-bond donors (Lipinski definition) is 0.